The van der Waals surface area contributed by atoms with Gasteiger partial charge in [-0.1, -0.05) is 18.2 Å². The number of ether oxygens (including phenoxy) is 2. The van der Waals surface area contributed by atoms with Crippen molar-refractivity contribution in [2.75, 3.05) is 13.2 Å². The molecule has 2 rings (SSSR count). The third kappa shape index (κ3) is 5.40. The lowest BCUT2D eigenvalue weighted by Crippen LogP contribution is -2.35. The van der Waals surface area contributed by atoms with Crippen molar-refractivity contribution >= 4 is 5.91 Å². The molecular formula is C15H19F3N2O3. The zero-order chi connectivity index (χ0) is 16.9. The van der Waals surface area contributed by atoms with Gasteiger partial charge >= 0.3 is 6.18 Å². The largest absolute Gasteiger partial charge is 0.484 e. The van der Waals surface area contributed by atoms with Gasteiger partial charge in [0.25, 0.3) is 0 Å². The van der Waals surface area contributed by atoms with Gasteiger partial charge in [0, 0.05) is 18.7 Å². The van der Waals surface area contributed by atoms with Gasteiger partial charge in [0.1, 0.15) is 11.9 Å². The van der Waals surface area contributed by atoms with E-state index in [1.165, 1.54) is 6.07 Å². The monoisotopic (exact) mass is 332 g/mol. The average Bonchev–Trinajstić information content (AvgIpc) is 2.99. The second kappa shape index (κ2) is 7.65. The first-order valence-corrected chi connectivity index (χ1v) is 7.29. The number of hydrogen-bond acceptors (Lipinski definition) is 4. The van der Waals surface area contributed by atoms with Crippen molar-refractivity contribution in [3.05, 3.63) is 29.8 Å². The molecule has 1 aliphatic heterocycles. The van der Waals surface area contributed by atoms with Gasteiger partial charge in [-0.15, -0.1) is 0 Å². The van der Waals surface area contributed by atoms with E-state index in [1.807, 2.05) is 0 Å². The minimum atomic E-state index is -4.41. The molecule has 1 fully saturated rings. The maximum Gasteiger partial charge on any atom is 0.422 e. The van der Waals surface area contributed by atoms with E-state index in [-0.39, 0.29) is 24.3 Å². The number of amides is 1. The molecule has 1 aromatic rings. The Morgan fingerprint density at radius 2 is 2.09 bits per heavy atom. The predicted molar refractivity (Wildman–Crippen MR) is 76.8 cm³/mol. The van der Waals surface area contributed by atoms with Gasteiger partial charge in [-0.25, -0.2) is 0 Å². The number of hydrogen-bond donors (Lipinski definition) is 2. The number of halogens is 3. The number of nitrogens with one attached hydrogen (secondary N) is 1. The van der Waals surface area contributed by atoms with Crippen LogP contribution in [-0.4, -0.2) is 37.4 Å². The van der Waals surface area contributed by atoms with E-state index in [9.17, 15) is 18.0 Å². The first-order valence-electron chi connectivity index (χ1n) is 7.29. The average molecular weight is 332 g/mol. The van der Waals surface area contributed by atoms with E-state index in [0.29, 0.717) is 18.5 Å². The summed E-state index contributed by atoms with van der Waals surface area (Å²) in [5.41, 5.74) is 5.96. The molecule has 0 aromatic heterocycles. The van der Waals surface area contributed by atoms with E-state index in [1.54, 1.807) is 18.2 Å². The van der Waals surface area contributed by atoms with E-state index < -0.39 is 18.9 Å². The Morgan fingerprint density at radius 3 is 2.74 bits per heavy atom. The van der Waals surface area contributed by atoms with Crippen molar-refractivity contribution in [2.45, 2.75) is 37.8 Å². The van der Waals surface area contributed by atoms with Crippen molar-refractivity contribution in [1.29, 1.82) is 0 Å². The van der Waals surface area contributed by atoms with Crippen LogP contribution in [0.4, 0.5) is 13.2 Å². The molecule has 0 bridgehead atoms. The van der Waals surface area contributed by atoms with Crippen molar-refractivity contribution < 1.29 is 27.4 Å². The zero-order valence-corrected chi connectivity index (χ0v) is 12.4. The van der Waals surface area contributed by atoms with Gasteiger partial charge in [0.05, 0.1) is 6.10 Å². The lowest BCUT2D eigenvalue weighted by atomic mass is 10.1. The van der Waals surface area contributed by atoms with Gasteiger partial charge in [-0.3, -0.25) is 4.79 Å². The van der Waals surface area contributed by atoms with Gasteiger partial charge in [0.2, 0.25) is 5.91 Å². The van der Waals surface area contributed by atoms with Crippen LogP contribution in [0.25, 0.3) is 0 Å². The standard InChI is InChI=1S/C15H19F3N2O3/c16-15(17,18)9-22-12-4-2-1-3-10(12)8-20-14(21)13-6-5-11(7-19)23-13/h1-4,11,13H,5-9,19H2,(H,20,21)/t11-,13+/m1/s1. The number of carbonyl (C=O) groups is 1. The van der Waals surface area contributed by atoms with Crippen LogP contribution in [0.3, 0.4) is 0 Å². The number of carbonyl (C=O) groups excluding carboxylic acids is 1. The Kier molecular flexibility index (Phi) is 5.84. The Balaban J connectivity index is 1.89. The summed E-state index contributed by atoms with van der Waals surface area (Å²) >= 11 is 0. The van der Waals surface area contributed by atoms with Crippen LogP contribution in [-0.2, 0) is 16.1 Å². The summed E-state index contributed by atoms with van der Waals surface area (Å²) in [4.78, 5) is 12.0. The fourth-order valence-corrected chi connectivity index (χ4v) is 2.32. The van der Waals surface area contributed by atoms with Crippen LogP contribution in [0.2, 0.25) is 0 Å². The Hall–Kier alpha value is -1.80. The van der Waals surface area contributed by atoms with Crippen LogP contribution < -0.4 is 15.8 Å². The molecule has 1 aromatic carbocycles. The fraction of sp³-hybridized carbons (Fsp3) is 0.533. The Bertz CT molecular complexity index is 537. The van der Waals surface area contributed by atoms with E-state index in [2.05, 4.69) is 5.32 Å². The van der Waals surface area contributed by atoms with Crippen molar-refractivity contribution in [3.8, 4) is 5.75 Å². The summed E-state index contributed by atoms with van der Waals surface area (Å²) in [6.45, 7) is -0.945. The number of alkyl halides is 3. The highest BCUT2D eigenvalue weighted by Crippen LogP contribution is 2.23. The molecule has 128 valence electrons. The lowest BCUT2D eigenvalue weighted by molar-refractivity contribution is -0.153. The van der Waals surface area contributed by atoms with Crippen LogP contribution in [0.1, 0.15) is 18.4 Å². The molecule has 8 heteroatoms. The minimum absolute atomic E-state index is 0.0695. The third-order valence-corrected chi connectivity index (χ3v) is 3.48. The maximum atomic E-state index is 12.2. The molecule has 0 saturated carbocycles. The zero-order valence-electron chi connectivity index (χ0n) is 12.4. The number of para-hydroxylation sites is 1. The molecule has 3 N–H and O–H groups in total. The summed E-state index contributed by atoms with van der Waals surface area (Å²) in [5.74, 6) is -0.205. The van der Waals surface area contributed by atoms with Crippen LogP contribution in [0, 0.1) is 0 Å². The fourth-order valence-electron chi connectivity index (χ4n) is 2.32. The SMILES string of the molecule is NC[C@H]1CC[C@@H](C(=O)NCc2ccccc2OCC(F)(F)F)O1. The highest BCUT2D eigenvalue weighted by atomic mass is 19.4. The highest BCUT2D eigenvalue weighted by molar-refractivity contribution is 5.81. The normalized spacial score (nSPS) is 21.2. The molecule has 1 saturated heterocycles. The van der Waals surface area contributed by atoms with Gasteiger partial charge in [0.15, 0.2) is 6.61 Å². The molecule has 1 heterocycles. The Morgan fingerprint density at radius 1 is 1.35 bits per heavy atom. The van der Waals surface area contributed by atoms with Gasteiger partial charge in [-0.05, 0) is 18.9 Å². The van der Waals surface area contributed by atoms with E-state index in [4.69, 9.17) is 15.2 Å². The second-order valence-electron chi connectivity index (χ2n) is 5.29. The number of nitrogens with two attached hydrogens (primary N) is 1. The first-order chi connectivity index (χ1) is 10.9. The van der Waals surface area contributed by atoms with Crippen LogP contribution in [0.5, 0.6) is 5.75 Å². The molecule has 0 unspecified atom stereocenters. The summed E-state index contributed by atoms with van der Waals surface area (Å²) in [5, 5.41) is 2.66. The van der Waals surface area contributed by atoms with Crippen LogP contribution in [0.15, 0.2) is 24.3 Å². The molecule has 5 nitrogen and oxygen atoms in total. The lowest BCUT2D eigenvalue weighted by Gasteiger charge is -2.15. The molecule has 1 aliphatic rings. The molecule has 0 spiro atoms. The van der Waals surface area contributed by atoms with Gasteiger partial charge < -0.3 is 20.5 Å². The molecule has 0 radical (unpaired) electrons. The first kappa shape index (κ1) is 17.6. The van der Waals surface area contributed by atoms with Crippen molar-refractivity contribution in [1.82, 2.24) is 5.32 Å². The topological polar surface area (TPSA) is 73.6 Å². The summed E-state index contributed by atoms with van der Waals surface area (Å²) in [7, 11) is 0. The second-order valence-corrected chi connectivity index (χ2v) is 5.29. The van der Waals surface area contributed by atoms with E-state index >= 15 is 0 Å². The van der Waals surface area contributed by atoms with Crippen molar-refractivity contribution in [2.24, 2.45) is 5.73 Å². The molecule has 0 aliphatic carbocycles. The highest BCUT2D eigenvalue weighted by Gasteiger charge is 2.30. The summed E-state index contributed by atoms with van der Waals surface area (Å²) in [6, 6.07) is 6.27. The number of benzene rings is 1. The van der Waals surface area contributed by atoms with E-state index in [0.717, 1.165) is 6.42 Å². The summed E-state index contributed by atoms with van der Waals surface area (Å²) < 4.78 is 47.0. The Labute approximate surface area is 131 Å². The minimum Gasteiger partial charge on any atom is -0.484 e. The molecular weight excluding hydrogens is 313 g/mol. The maximum absolute atomic E-state index is 12.2. The van der Waals surface area contributed by atoms with Gasteiger partial charge in [-0.2, -0.15) is 13.2 Å². The molecule has 1 amide bonds. The summed E-state index contributed by atoms with van der Waals surface area (Å²) in [6.07, 6.45) is -3.79. The predicted octanol–water partition coefficient (Wildman–Crippen LogP) is 1.75. The smallest absolute Gasteiger partial charge is 0.422 e. The van der Waals surface area contributed by atoms with Crippen molar-refractivity contribution in [3.63, 3.8) is 0 Å². The molecule has 2 atom stereocenters. The third-order valence-electron chi connectivity index (χ3n) is 3.48. The number of rotatable bonds is 6. The van der Waals surface area contributed by atoms with Crippen LogP contribution >= 0.6 is 0 Å². The quantitative estimate of drug-likeness (QED) is 0.832. The molecule has 23 heavy (non-hydrogen) atoms.